The molecule has 0 unspecified atom stereocenters. The molecule has 1 heterocycles. The number of Topliss-reactive ketones (excluding diaryl/α,β-unsaturated/α-hetero) is 2. The van der Waals surface area contributed by atoms with Gasteiger partial charge in [-0.05, 0) is 27.6 Å². The lowest BCUT2D eigenvalue weighted by molar-refractivity contribution is 0.0890. The number of fused-ring (bicyclic) bond motifs is 1. The summed E-state index contributed by atoms with van der Waals surface area (Å²) >= 11 is 3.30. The molecule has 0 fully saturated rings. The highest BCUT2D eigenvalue weighted by molar-refractivity contribution is 9.10. The van der Waals surface area contributed by atoms with Gasteiger partial charge >= 0.3 is 0 Å². The molecule has 0 aliphatic heterocycles. The zero-order chi connectivity index (χ0) is 12.7. The standard InChI is InChI=1S/C14H8BrNO2/c15-9-5-8(6-16-7-9)12-13(17)10-3-1-2-4-11(10)14(12)18/h1-7,12H. The molecule has 0 saturated carbocycles. The number of rotatable bonds is 1. The van der Waals surface area contributed by atoms with Gasteiger partial charge in [-0.15, -0.1) is 0 Å². The molecule has 0 amide bonds. The minimum absolute atomic E-state index is 0.143. The van der Waals surface area contributed by atoms with Gasteiger partial charge in [0.15, 0.2) is 11.6 Å². The Bertz CT molecular complexity index is 631. The van der Waals surface area contributed by atoms with E-state index >= 15 is 0 Å². The number of hydrogen-bond acceptors (Lipinski definition) is 3. The van der Waals surface area contributed by atoms with Crippen LogP contribution >= 0.6 is 15.9 Å². The third kappa shape index (κ3) is 1.61. The Hall–Kier alpha value is -1.81. The van der Waals surface area contributed by atoms with Crippen LogP contribution in [0.25, 0.3) is 0 Å². The fourth-order valence-electron chi connectivity index (χ4n) is 2.23. The van der Waals surface area contributed by atoms with Crippen LogP contribution in [0.5, 0.6) is 0 Å². The molecule has 1 aromatic heterocycles. The van der Waals surface area contributed by atoms with E-state index in [0.717, 1.165) is 4.47 Å². The van der Waals surface area contributed by atoms with Crippen molar-refractivity contribution in [3.63, 3.8) is 0 Å². The Morgan fingerprint density at radius 3 is 2.17 bits per heavy atom. The first kappa shape index (κ1) is 11.3. The second kappa shape index (κ2) is 4.14. The maximum Gasteiger partial charge on any atom is 0.178 e. The summed E-state index contributed by atoms with van der Waals surface area (Å²) in [6.45, 7) is 0. The zero-order valence-corrected chi connectivity index (χ0v) is 10.8. The maximum atomic E-state index is 12.3. The van der Waals surface area contributed by atoms with E-state index in [1.807, 2.05) is 0 Å². The van der Waals surface area contributed by atoms with Crippen LogP contribution in [0.2, 0.25) is 0 Å². The molecule has 88 valence electrons. The van der Waals surface area contributed by atoms with Crippen LogP contribution in [0.1, 0.15) is 32.2 Å². The van der Waals surface area contributed by atoms with Crippen LogP contribution < -0.4 is 0 Å². The van der Waals surface area contributed by atoms with Crippen molar-refractivity contribution in [2.75, 3.05) is 0 Å². The Morgan fingerprint density at radius 2 is 1.61 bits per heavy atom. The minimum Gasteiger partial charge on any atom is -0.293 e. The fourth-order valence-corrected chi connectivity index (χ4v) is 2.61. The number of halogens is 1. The number of nitrogens with zero attached hydrogens (tertiary/aromatic N) is 1. The molecule has 0 saturated heterocycles. The third-order valence-corrected chi connectivity index (χ3v) is 3.48. The van der Waals surface area contributed by atoms with Gasteiger partial charge in [0.05, 0.1) is 0 Å². The van der Waals surface area contributed by atoms with Crippen LogP contribution in [0.3, 0.4) is 0 Å². The van der Waals surface area contributed by atoms with Crippen LogP contribution in [0.4, 0.5) is 0 Å². The molecular formula is C14H8BrNO2. The minimum atomic E-state index is -0.743. The number of benzene rings is 1. The van der Waals surface area contributed by atoms with Crippen LogP contribution in [0.15, 0.2) is 47.2 Å². The lowest BCUT2D eigenvalue weighted by atomic mass is 9.96. The summed E-state index contributed by atoms with van der Waals surface area (Å²) in [6, 6.07) is 8.69. The number of carbonyl (C=O) groups is 2. The summed E-state index contributed by atoms with van der Waals surface area (Å²) in [6.07, 6.45) is 3.19. The van der Waals surface area contributed by atoms with E-state index in [-0.39, 0.29) is 11.6 Å². The van der Waals surface area contributed by atoms with Crippen molar-refractivity contribution >= 4 is 27.5 Å². The number of carbonyl (C=O) groups excluding carboxylic acids is 2. The summed E-state index contributed by atoms with van der Waals surface area (Å²) in [5.41, 5.74) is 1.65. The largest absolute Gasteiger partial charge is 0.293 e. The highest BCUT2D eigenvalue weighted by Gasteiger charge is 2.39. The third-order valence-electron chi connectivity index (χ3n) is 3.04. The van der Waals surface area contributed by atoms with Crippen molar-refractivity contribution in [1.82, 2.24) is 4.98 Å². The molecule has 1 aromatic carbocycles. The molecule has 3 nitrogen and oxygen atoms in total. The van der Waals surface area contributed by atoms with Crippen LogP contribution in [-0.2, 0) is 0 Å². The lowest BCUT2D eigenvalue weighted by Crippen LogP contribution is -2.13. The normalized spacial score (nSPS) is 14.9. The van der Waals surface area contributed by atoms with Gasteiger partial charge in [-0.2, -0.15) is 0 Å². The molecule has 1 aliphatic carbocycles. The van der Waals surface area contributed by atoms with E-state index in [1.54, 1.807) is 42.7 Å². The Kier molecular flexibility index (Phi) is 2.59. The molecule has 3 rings (SSSR count). The molecule has 0 N–H and O–H groups in total. The van der Waals surface area contributed by atoms with Gasteiger partial charge in [0.1, 0.15) is 5.92 Å². The van der Waals surface area contributed by atoms with Crippen molar-refractivity contribution in [1.29, 1.82) is 0 Å². The SMILES string of the molecule is O=C1c2ccccc2C(=O)C1c1cncc(Br)c1. The van der Waals surface area contributed by atoms with E-state index in [2.05, 4.69) is 20.9 Å². The topological polar surface area (TPSA) is 47.0 Å². The summed E-state index contributed by atoms with van der Waals surface area (Å²) in [5.74, 6) is -1.03. The first-order chi connectivity index (χ1) is 8.68. The van der Waals surface area contributed by atoms with Crippen molar-refractivity contribution < 1.29 is 9.59 Å². The quantitative estimate of drug-likeness (QED) is 0.761. The summed E-state index contributed by atoms with van der Waals surface area (Å²) in [4.78, 5) is 28.5. The van der Waals surface area contributed by atoms with Crippen LogP contribution in [-0.4, -0.2) is 16.6 Å². The maximum absolute atomic E-state index is 12.3. The van der Waals surface area contributed by atoms with Crippen molar-refractivity contribution in [2.45, 2.75) is 5.92 Å². The molecule has 0 radical (unpaired) electrons. The Balaban J connectivity index is 2.12. The predicted octanol–water partition coefficient (Wildman–Crippen LogP) is 3.01. The van der Waals surface area contributed by atoms with Gasteiger partial charge in [-0.25, -0.2) is 0 Å². The van der Waals surface area contributed by atoms with Gasteiger partial charge in [0.2, 0.25) is 0 Å². The Labute approximate surface area is 112 Å². The number of aromatic nitrogens is 1. The smallest absolute Gasteiger partial charge is 0.178 e. The van der Waals surface area contributed by atoms with E-state index in [9.17, 15) is 9.59 Å². The van der Waals surface area contributed by atoms with E-state index < -0.39 is 5.92 Å². The molecule has 0 atom stereocenters. The summed E-state index contributed by atoms with van der Waals surface area (Å²) in [7, 11) is 0. The summed E-state index contributed by atoms with van der Waals surface area (Å²) < 4.78 is 0.761. The molecule has 0 bridgehead atoms. The second-order valence-electron chi connectivity index (χ2n) is 4.14. The van der Waals surface area contributed by atoms with E-state index in [1.165, 1.54) is 0 Å². The van der Waals surface area contributed by atoms with Gasteiger partial charge in [0.25, 0.3) is 0 Å². The molecular weight excluding hydrogens is 294 g/mol. The van der Waals surface area contributed by atoms with Gasteiger partial charge < -0.3 is 0 Å². The van der Waals surface area contributed by atoms with Gasteiger partial charge in [-0.3, -0.25) is 14.6 Å². The molecule has 2 aromatic rings. The molecule has 0 spiro atoms. The highest BCUT2D eigenvalue weighted by atomic mass is 79.9. The average molecular weight is 302 g/mol. The first-order valence-corrected chi connectivity index (χ1v) is 6.25. The van der Waals surface area contributed by atoms with E-state index in [0.29, 0.717) is 16.7 Å². The second-order valence-corrected chi connectivity index (χ2v) is 5.06. The molecule has 4 heteroatoms. The van der Waals surface area contributed by atoms with Gasteiger partial charge in [0, 0.05) is 28.0 Å². The monoisotopic (exact) mass is 301 g/mol. The van der Waals surface area contributed by atoms with Gasteiger partial charge in [-0.1, -0.05) is 24.3 Å². The van der Waals surface area contributed by atoms with Crippen molar-refractivity contribution in [3.8, 4) is 0 Å². The average Bonchev–Trinajstić information content (AvgIpc) is 2.63. The molecule has 18 heavy (non-hydrogen) atoms. The number of pyridine rings is 1. The fraction of sp³-hybridized carbons (Fsp3) is 0.0714. The zero-order valence-electron chi connectivity index (χ0n) is 9.26. The summed E-state index contributed by atoms with van der Waals surface area (Å²) in [5, 5.41) is 0. The Morgan fingerprint density at radius 1 is 1.00 bits per heavy atom. The number of hydrogen-bond donors (Lipinski definition) is 0. The molecule has 1 aliphatic rings. The first-order valence-electron chi connectivity index (χ1n) is 5.46. The van der Waals surface area contributed by atoms with Crippen molar-refractivity contribution in [3.05, 3.63) is 63.9 Å². The highest BCUT2D eigenvalue weighted by Crippen LogP contribution is 2.34. The van der Waals surface area contributed by atoms with E-state index in [4.69, 9.17) is 0 Å². The van der Waals surface area contributed by atoms with Crippen molar-refractivity contribution in [2.24, 2.45) is 0 Å². The lowest BCUT2D eigenvalue weighted by Gasteiger charge is -2.06. The predicted molar refractivity (Wildman–Crippen MR) is 69.8 cm³/mol. The van der Waals surface area contributed by atoms with Crippen LogP contribution in [0, 0.1) is 0 Å². The number of ketones is 2.